The van der Waals surface area contributed by atoms with Crippen molar-refractivity contribution in [3.63, 3.8) is 0 Å². The first-order chi connectivity index (χ1) is 13.7. The molecule has 3 rings (SSSR count). The van der Waals surface area contributed by atoms with Gasteiger partial charge in [-0.15, -0.1) is 0 Å². The smallest absolute Gasteiger partial charge is 0.364 e. The standard InChI is InChI=1S/C21H19ClN2O4S/c1-13-7-9-16(10-8-13)12-29(26,27)21-23-11-17(22)19(24-21)20(25)28-18-6-4-5-14(2)15(18)3/h4-11H,12H2,1-3H3. The summed E-state index contributed by atoms with van der Waals surface area (Å²) < 4.78 is 30.8. The van der Waals surface area contributed by atoms with Gasteiger partial charge < -0.3 is 4.74 Å². The Hall–Kier alpha value is -2.77. The molecule has 0 aliphatic rings. The van der Waals surface area contributed by atoms with E-state index >= 15 is 0 Å². The molecule has 1 aromatic heterocycles. The van der Waals surface area contributed by atoms with E-state index < -0.39 is 21.0 Å². The second-order valence-electron chi connectivity index (χ2n) is 6.68. The van der Waals surface area contributed by atoms with E-state index in [2.05, 4.69) is 9.97 Å². The van der Waals surface area contributed by atoms with E-state index in [-0.39, 0.29) is 16.5 Å². The molecule has 29 heavy (non-hydrogen) atoms. The molecule has 0 atom stereocenters. The Kier molecular flexibility index (Phi) is 6.00. The van der Waals surface area contributed by atoms with Crippen molar-refractivity contribution in [3.05, 3.63) is 81.6 Å². The second-order valence-corrected chi connectivity index (χ2v) is 8.97. The number of aryl methyl sites for hydroxylation is 2. The zero-order valence-electron chi connectivity index (χ0n) is 16.1. The molecule has 0 N–H and O–H groups in total. The van der Waals surface area contributed by atoms with Crippen molar-refractivity contribution in [2.45, 2.75) is 31.7 Å². The summed E-state index contributed by atoms with van der Waals surface area (Å²) in [6, 6.07) is 12.4. The van der Waals surface area contributed by atoms with E-state index in [0.717, 1.165) is 22.9 Å². The van der Waals surface area contributed by atoms with Crippen molar-refractivity contribution in [3.8, 4) is 5.75 Å². The zero-order chi connectivity index (χ0) is 21.2. The molecule has 6 nitrogen and oxygen atoms in total. The monoisotopic (exact) mass is 430 g/mol. The van der Waals surface area contributed by atoms with Crippen molar-refractivity contribution in [2.75, 3.05) is 0 Å². The highest BCUT2D eigenvalue weighted by Gasteiger charge is 2.24. The molecular weight excluding hydrogens is 412 g/mol. The van der Waals surface area contributed by atoms with Gasteiger partial charge in [0.2, 0.25) is 15.0 Å². The first-order valence-electron chi connectivity index (χ1n) is 8.76. The lowest BCUT2D eigenvalue weighted by Gasteiger charge is -2.10. The summed E-state index contributed by atoms with van der Waals surface area (Å²) in [5, 5.41) is -0.565. The number of carbonyl (C=O) groups is 1. The summed E-state index contributed by atoms with van der Waals surface area (Å²) in [6.07, 6.45) is 1.09. The average Bonchev–Trinajstić information content (AvgIpc) is 2.67. The molecular formula is C21H19ClN2O4S. The molecule has 0 radical (unpaired) electrons. The second kappa shape index (κ2) is 8.31. The fraction of sp³-hybridized carbons (Fsp3) is 0.190. The minimum atomic E-state index is -3.88. The highest BCUT2D eigenvalue weighted by molar-refractivity contribution is 7.90. The van der Waals surface area contributed by atoms with Gasteiger partial charge in [0.25, 0.3) is 0 Å². The van der Waals surface area contributed by atoms with Gasteiger partial charge in [0.05, 0.1) is 17.0 Å². The molecule has 0 fully saturated rings. The third-order valence-electron chi connectivity index (χ3n) is 4.43. The predicted molar refractivity (Wildman–Crippen MR) is 110 cm³/mol. The highest BCUT2D eigenvalue weighted by Crippen LogP contribution is 2.24. The third kappa shape index (κ3) is 4.81. The Bertz CT molecular complexity index is 1180. The molecule has 0 bridgehead atoms. The number of nitrogens with zero attached hydrogens (tertiary/aromatic N) is 2. The Labute approximate surface area is 174 Å². The zero-order valence-corrected chi connectivity index (χ0v) is 17.7. The minimum Gasteiger partial charge on any atom is -0.421 e. The lowest BCUT2D eigenvalue weighted by Crippen LogP contribution is -2.17. The van der Waals surface area contributed by atoms with Gasteiger partial charge in [0.1, 0.15) is 5.75 Å². The fourth-order valence-corrected chi connectivity index (χ4v) is 3.97. The van der Waals surface area contributed by atoms with E-state index in [4.69, 9.17) is 16.3 Å². The Morgan fingerprint density at radius 2 is 1.76 bits per heavy atom. The number of hydrogen-bond donors (Lipinski definition) is 0. The van der Waals surface area contributed by atoms with E-state index in [9.17, 15) is 13.2 Å². The van der Waals surface area contributed by atoms with Crippen LogP contribution in [0.2, 0.25) is 5.02 Å². The topological polar surface area (TPSA) is 86.2 Å². The number of halogens is 1. The summed E-state index contributed by atoms with van der Waals surface area (Å²) in [5.41, 5.74) is 3.05. The molecule has 0 unspecified atom stereocenters. The predicted octanol–water partition coefficient (Wildman–Crippen LogP) is 4.25. The van der Waals surface area contributed by atoms with Crippen LogP contribution in [0, 0.1) is 20.8 Å². The van der Waals surface area contributed by atoms with Crippen LogP contribution in [0.5, 0.6) is 5.75 Å². The molecule has 0 saturated heterocycles. The van der Waals surface area contributed by atoms with Crippen LogP contribution in [0.4, 0.5) is 0 Å². The fourth-order valence-electron chi connectivity index (χ4n) is 2.60. The van der Waals surface area contributed by atoms with Crippen LogP contribution in [0.15, 0.2) is 53.8 Å². The third-order valence-corrected chi connectivity index (χ3v) is 6.17. The van der Waals surface area contributed by atoms with Crippen LogP contribution in [0.1, 0.15) is 32.7 Å². The van der Waals surface area contributed by atoms with E-state index in [1.807, 2.05) is 39.0 Å². The Balaban J connectivity index is 1.89. The summed E-state index contributed by atoms with van der Waals surface area (Å²) in [4.78, 5) is 20.3. The Morgan fingerprint density at radius 3 is 2.45 bits per heavy atom. The Morgan fingerprint density at radius 1 is 1.07 bits per heavy atom. The van der Waals surface area contributed by atoms with E-state index in [1.54, 1.807) is 24.3 Å². The maximum Gasteiger partial charge on any atom is 0.364 e. The van der Waals surface area contributed by atoms with Crippen molar-refractivity contribution >= 4 is 27.4 Å². The van der Waals surface area contributed by atoms with Crippen molar-refractivity contribution in [1.29, 1.82) is 0 Å². The largest absolute Gasteiger partial charge is 0.421 e. The van der Waals surface area contributed by atoms with Gasteiger partial charge in [-0.25, -0.2) is 23.2 Å². The van der Waals surface area contributed by atoms with E-state index in [0.29, 0.717) is 11.3 Å². The number of sulfone groups is 1. The molecule has 0 amide bonds. The van der Waals surface area contributed by atoms with Gasteiger partial charge in [-0.2, -0.15) is 0 Å². The molecule has 150 valence electrons. The van der Waals surface area contributed by atoms with Gasteiger partial charge in [-0.05, 0) is 43.5 Å². The molecule has 8 heteroatoms. The molecule has 3 aromatic rings. The summed E-state index contributed by atoms with van der Waals surface area (Å²) in [5.74, 6) is -0.785. The van der Waals surface area contributed by atoms with Gasteiger partial charge in [-0.1, -0.05) is 53.6 Å². The number of benzene rings is 2. The first kappa shape index (κ1) is 21.0. The lowest BCUT2D eigenvalue weighted by molar-refractivity contribution is 0.0726. The molecule has 0 saturated carbocycles. The number of esters is 1. The van der Waals surface area contributed by atoms with Crippen LogP contribution in [-0.4, -0.2) is 24.4 Å². The molecule has 0 aliphatic carbocycles. The quantitative estimate of drug-likeness (QED) is 0.341. The SMILES string of the molecule is Cc1ccc(CS(=O)(=O)c2ncc(Cl)c(C(=O)Oc3cccc(C)c3C)n2)cc1. The number of rotatable bonds is 5. The number of hydrogen-bond acceptors (Lipinski definition) is 6. The van der Waals surface area contributed by atoms with Gasteiger partial charge in [0, 0.05) is 0 Å². The van der Waals surface area contributed by atoms with Gasteiger partial charge in [0.15, 0.2) is 5.69 Å². The molecule has 2 aromatic carbocycles. The van der Waals surface area contributed by atoms with Gasteiger partial charge >= 0.3 is 5.97 Å². The van der Waals surface area contributed by atoms with Gasteiger partial charge in [-0.3, -0.25) is 0 Å². The van der Waals surface area contributed by atoms with Crippen LogP contribution >= 0.6 is 11.6 Å². The van der Waals surface area contributed by atoms with Crippen LogP contribution in [-0.2, 0) is 15.6 Å². The molecule has 1 heterocycles. The first-order valence-corrected chi connectivity index (χ1v) is 10.8. The normalized spacial score (nSPS) is 11.3. The molecule has 0 aliphatic heterocycles. The maximum atomic E-state index is 12.7. The lowest BCUT2D eigenvalue weighted by atomic mass is 10.1. The van der Waals surface area contributed by atoms with Crippen LogP contribution in [0.3, 0.4) is 0 Å². The molecule has 0 spiro atoms. The highest BCUT2D eigenvalue weighted by atomic mass is 35.5. The van der Waals surface area contributed by atoms with Crippen molar-refractivity contribution in [1.82, 2.24) is 9.97 Å². The van der Waals surface area contributed by atoms with Crippen LogP contribution < -0.4 is 4.74 Å². The summed E-state index contributed by atoms with van der Waals surface area (Å²) in [7, 11) is -3.88. The number of aromatic nitrogens is 2. The maximum absolute atomic E-state index is 12.7. The number of carbonyl (C=O) groups excluding carboxylic acids is 1. The minimum absolute atomic E-state index is 0.0883. The summed E-state index contributed by atoms with van der Waals surface area (Å²) in [6.45, 7) is 5.62. The summed E-state index contributed by atoms with van der Waals surface area (Å²) >= 11 is 6.04. The van der Waals surface area contributed by atoms with Crippen molar-refractivity contribution in [2.24, 2.45) is 0 Å². The number of ether oxygens (including phenoxy) is 1. The van der Waals surface area contributed by atoms with E-state index in [1.165, 1.54) is 0 Å². The van der Waals surface area contributed by atoms with Crippen molar-refractivity contribution < 1.29 is 17.9 Å². The average molecular weight is 431 g/mol. The van der Waals surface area contributed by atoms with Crippen LogP contribution in [0.25, 0.3) is 0 Å².